The summed E-state index contributed by atoms with van der Waals surface area (Å²) in [6.07, 6.45) is 3.13. The molecule has 0 fully saturated rings. The lowest BCUT2D eigenvalue weighted by Crippen LogP contribution is -2.12. The van der Waals surface area contributed by atoms with Gasteiger partial charge in [0, 0.05) is 12.3 Å². The molecule has 0 saturated heterocycles. The van der Waals surface area contributed by atoms with Crippen molar-refractivity contribution in [3.05, 3.63) is 41.5 Å². The van der Waals surface area contributed by atoms with E-state index in [1.807, 2.05) is 13.0 Å². The van der Waals surface area contributed by atoms with Crippen LogP contribution in [0, 0.1) is 6.92 Å². The van der Waals surface area contributed by atoms with Gasteiger partial charge in [0.1, 0.15) is 12.0 Å². The maximum Gasteiger partial charge on any atom is 0.359 e. The predicted molar refractivity (Wildman–Crippen MR) is 68.8 cm³/mol. The minimum absolute atomic E-state index is 0.274. The van der Waals surface area contributed by atoms with Crippen molar-refractivity contribution in [2.45, 2.75) is 20.4 Å². The topological polar surface area (TPSA) is 77.2 Å². The zero-order chi connectivity index (χ0) is 13.7. The van der Waals surface area contributed by atoms with E-state index >= 15 is 0 Å². The molecule has 19 heavy (non-hydrogen) atoms. The second kappa shape index (κ2) is 5.99. The van der Waals surface area contributed by atoms with Gasteiger partial charge in [-0.15, -0.1) is 0 Å². The minimum atomic E-state index is -0.440. The monoisotopic (exact) mass is 261 g/mol. The molecule has 0 aromatic carbocycles. The number of hydrogen-bond donors (Lipinski definition) is 1. The second-order valence-corrected chi connectivity index (χ2v) is 3.97. The van der Waals surface area contributed by atoms with Gasteiger partial charge in [0.15, 0.2) is 5.69 Å². The number of nitrogens with one attached hydrogen (secondary N) is 1. The zero-order valence-electron chi connectivity index (χ0n) is 10.8. The molecule has 0 aliphatic heterocycles. The Morgan fingerprint density at radius 2 is 2.37 bits per heavy atom. The van der Waals surface area contributed by atoms with E-state index in [-0.39, 0.29) is 5.69 Å². The first-order chi connectivity index (χ1) is 9.20. The third kappa shape index (κ3) is 3.31. The smallest absolute Gasteiger partial charge is 0.359 e. The molecular formula is C13H15N3O3. The van der Waals surface area contributed by atoms with Crippen LogP contribution in [0.25, 0.3) is 0 Å². The maximum absolute atomic E-state index is 11.8. The Hall–Kier alpha value is -2.37. The first-order valence-corrected chi connectivity index (χ1v) is 5.97. The number of esters is 1. The molecule has 0 radical (unpaired) electrons. The third-order valence-electron chi connectivity index (χ3n) is 2.44. The highest BCUT2D eigenvalue weighted by atomic mass is 16.5. The number of pyridine rings is 1. The van der Waals surface area contributed by atoms with E-state index in [2.05, 4.69) is 15.5 Å². The van der Waals surface area contributed by atoms with E-state index in [0.29, 0.717) is 18.8 Å². The van der Waals surface area contributed by atoms with Crippen molar-refractivity contribution in [3.8, 4) is 0 Å². The molecule has 0 unspecified atom stereocenters. The number of nitrogens with zero attached hydrogens (tertiary/aromatic N) is 2. The van der Waals surface area contributed by atoms with Crippen molar-refractivity contribution in [1.82, 2.24) is 10.1 Å². The standard InChI is InChI=1S/C13H15N3O3/c1-3-18-13(17)12-11(6-9(2)7-15-12)14-8-10-4-5-19-16-10/h4-7,14H,3,8H2,1-2H3. The van der Waals surface area contributed by atoms with Crippen LogP contribution in [0.15, 0.2) is 29.1 Å². The normalized spacial score (nSPS) is 10.2. The van der Waals surface area contributed by atoms with Crippen LogP contribution in [-0.4, -0.2) is 22.7 Å². The number of aromatic nitrogens is 2. The lowest BCUT2D eigenvalue weighted by atomic mass is 10.2. The third-order valence-corrected chi connectivity index (χ3v) is 2.44. The number of rotatable bonds is 5. The lowest BCUT2D eigenvalue weighted by molar-refractivity contribution is 0.0520. The van der Waals surface area contributed by atoms with Gasteiger partial charge in [-0.3, -0.25) is 0 Å². The van der Waals surface area contributed by atoms with Crippen molar-refractivity contribution in [3.63, 3.8) is 0 Å². The highest BCUT2D eigenvalue weighted by Gasteiger charge is 2.14. The summed E-state index contributed by atoms with van der Waals surface area (Å²) in [5.74, 6) is -0.440. The van der Waals surface area contributed by atoms with Crippen LogP contribution in [0.3, 0.4) is 0 Å². The quantitative estimate of drug-likeness (QED) is 0.831. The average Bonchev–Trinajstić information content (AvgIpc) is 2.89. The van der Waals surface area contributed by atoms with E-state index < -0.39 is 5.97 Å². The molecule has 0 aliphatic carbocycles. The van der Waals surface area contributed by atoms with Gasteiger partial charge in [-0.1, -0.05) is 5.16 Å². The molecule has 0 atom stereocenters. The molecule has 0 saturated carbocycles. The molecular weight excluding hydrogens is 246 g/mol. The Labute approximate surface area is 110 Å². The Morgan fingerprint density at radius 1 is 1.53 bits per heavy atom. The molecule has 0 bridgehead atoms. The fourth-order valence-electron chi connectivity index (χ4n) is 1.58. The van der Waals surface area contributed by atoms with Crippen molar-refractivity contribution in [2.24, 2.45) is 0 Å². The van der Waals surface area contributed by atoms with Gasteiger partial charge in [0.2, 0.25) is 0 Å². The number of carbonyl (C=O) groups excluding carboxylic acids is 1. The molecule has 6 heteroatoms. The van der Waals surface area contributed by atoms with Gasteiger partial charge in [-0.2, -0.15) is 0 Å². The van der Waals surface area contributed by atoms with Gasteiger partial charge in [0.25, 0.3) is 0 Å². The first-order valence-electron chi connectivity index (χ1n) is 5.97. The fraction of sp³-hybridized carbons (Fsp3) is 0.308. The zero-order valence-corrected chi connectivity index (χ0v) is 10.8. The molecule has 0 amide bonds. The largest absolute Gasteiger partial charge is 0.461 e. The maximum atomic E-state index is 11.8. The van der Waals surface area contributed by atoms with E-state index in [4.69, 9.17) is 9.26 Å². The molecule has 0 aliphatic rings. The fourth-order valence-corrected chi connectivity index (χ4v) is 1.58. The van der Waals surface area contributed by atoms with Crippen molar-refractivity contribution in [2.75, 3.05) is 11.9 Å². The second-order valence-electron chi connectivity index (χ2n) is 3.97. The summed E-state index contributed by atoms with van der Waals surface area (Å²) in [6.45, 7) is 4.43. The summed E-state index contributed by atoms with van der Waals surface area (Å²) >= 11 is 0. The molecule has 6 nitrogen and oxygen atoms in total. The molecule has 1 N–H and O–H groups in total. The highest BCUT2D eigenvalue weighted by molar-refractivity contribution is 5.93. The lowest BCUT2D eigenvalue weighted by Gasteiger charge is -2.10. The van der Waals surface area contributed by atoms with Crippen LogP contribution in [0.5, 0.6) is 0 Å². The first kappa shape index (κ1) is 13.1. The molecule has 2 aromatic rings. The molecule has 2 rings (SSSR count). The average molecular weight is 261 g/mol. The minimum Gasteiger partial charge on any atom is -0.461 e. The van der Waals surface area contributed by atoms with Crippen LogP contribution in [-0.2, 0) is 11.3 Å². The van der Waals surface area contributed by atoms with Crippen LogP contribution in [0.4, 0.5) is 5.69 Å². The van der Waals surface area contributed by atoms with Crippen LogP contribution < -0.4 is 5.32 Å². The SMILES string of the molecule is CCOC(=O)c1ncc(C)cc1NCc1ccon1. The number of carbonyl (C=O) groups is 1. The molecule has 100 valence electrons. The Kier molecular flexibility index (Phi) is 4.12. The van der Waals surface area contributed by atoms with Crippen LogP contribution in [0.1, 0.15) is 28.7 Å². The summed E-state index contributed by atoms with van der Waals surface area (Å²) in [5.41, 5.74) is 2.60. The van der Waals surface area contributed by atoms with Crippen molar-refractivity contribution < 1.29 is 14.1 Å². The number of ether oxygens (including phenoxy) is 1. The molecule has 2 aromatic heterocycles. The Bertz CT molecular complexity index is 552. The summed E-state index contributed by atoms with van der Waals surface area (Å²) < 4.78 is 9.72. The van der Waals surface area contributed by atoms with E-state index in [0.717, 1.165) is 11.3 Å². The van der Waals surface area contributed by atoms with Gasteiger partial charge >= 0.3 is 5.97 Å². The van der Waals surface area contributed by atoms with Crippen LogP contribution >= 0.6 is 0 Å². The van der Waals surface area contributed by atoms with E-state index in [1.165, 1.54) is 6.26 Å². The van der Waals surface area contributed by atoms with E-state index in [1.54, 1.807) is 19.2 Å². The van der Waals surface area contributed by atoms with Crippen molar-refractivity contribution >= 4 is 11.7 Å². The van der Waals surface area contributed by atoms with Crippen molar-refractivity contribution in [1.29, 1.82) is 0 Å². The summed E-state index contributed by atoms with van der Waals surface area (Å²) in [6, 6.07) is 3.60. The van der Waals surface area contributed by atoms with Gasteiger partial charge in [-0.25, -0.2) is 9.78 Å². The van der Waals surface area contributed by atoms with Gasteiger partial charge < -0.3 is 14.6 Å². The number of hydrogen-bond acceptors (Lipinski definition) is 6. The Morgan fingerprint density at radius 3 is 3.05 bits per heavy atom. The highest BCUT2D eigenvalue weighted by Crippen LogP contribution is 2.17. The molecule has 2 heterocycles. The number of anilines is 1. The molecule has 0 spiro atoms. The predicted octanol–water partition coefficient (Wildman–Crippen LogP) is 2.17. The summed E-state index contributed by atoms with van der Waals surface area (Å²) in [4.78, 5) is 15.9. The van der Waals surface area contributed by atoms with E-state index in [9.17, 15) is 4.79 Å². The summed E-state index contributed by atoms with van der Waals surface area (Å²) in [5, 5.41) is 6.90. The van der Waals surface area contributed by atoms with Crippen LogP contribution in [0.2, 0.25) is 0 Å². The number of aryl methyl sites for hydroxylation is 1. The van der Waals surface area contributed by atoms with Gasteiger partial charge in [-0.05, 0) is 25.5 Å². The summed E-state index contributed by atoms with van der Waals surface area (Å²) in [7, 11) is 0. The Balaban J connectivity index is 2.17. The van der Waals surface area contributed by atoms with Gasteiger partial charge in [0.05, 0.1) is 18.8 Å².